The van der Waals surface area contributed by atoms with Gasteiger partial charge in [0.25, 0.3) is 5.91 Å². The third-order valence-corrected chi connectivity index (χ3v) is 3.85. The highest BCUT2D eigenvalue weighted by Crippen LogP contribution is 2.20. The lowest BCUT2D eigenvalue weighted by Crippen LogP contribution is -2.54. The van der Waals surface area contributed by atoms with Crippen molar-refractivity contribution in [2.75, 3.05) is 13.2 Å². The molecule has 0 radical (unpaired) electrons. The van der Waals surface area contributed by atoms with E-state index in [1.54, 1.807) is 0 Å². The first-order chi connectivity index (χ1) is 8.93. The van der Waals surface area contributed by atoms with Crippen LogP contribution in [-0.2, 0) is 9.53 Å². The number of rotatable bonds is 6. The molecule has 1 aliphatic rings. The number of amides is 1. The Morgan fingerprint density at radius 2 is 2.00 bits per heavy atom. The van der Waals surface area contributed by atoms with E-state index < -0.39 is 0 Å². The molecule has 4 nitrogen and oxygen atoms in total. The van der Waals surface area contributed by atoms with Crippen LogP contribution in [0, 0.1) is 5.92 Å². The molecule has 19 heavy (non-hydrogen) atoms. The van der Waals surface area contributed by atoms with Gasteiger partial charge in [-0.05, 0) is 45.4 Å². The first-order valence-corrected chi connectivity index (χ1v) is 7.61. The van der Waals surface area contributed by atoms with Crippen LogP contribution in [0.15, 0.2) is 0 Å². The molecular weight excluding hydrogens is 240 g/mol. The van der Waals surface area contributed by atoms with Crippen molar-refractivity contribution in [3.8, 4) is 0 Å². The second-order valence-electron chi connectivity index (χ2n) is 6.15. The van der Waals surface area contributed by atoms with Gasteiger partial charge >= 0.3 is 0 Å². The maximum atomic E-state index is 12.4. The molecule has 0 spiro atoms. The molecule has 0 aromatic heterocycles. The molecule has 0 aromatic carbocycles. The maximum Gasteiger partial charge on any atom is 0.251 e. The molecule has 0 aliphatic carbocycles. The predicted molar refractivity (Wildman–Crippen MR) is 77.9 cm³/mol. The fraction of sp³-hybridized carbons (Fsp3) is 0.933. The van der Waals surface area contributed by atoms with E-state index in [4.69, 9.17) is 10.5 Å². The lowest BCUT2D eigenvalue weighted by Gasteiger charge is -2.39. The third kappa shape index (κ3) is 5.11. The minimum Gasteiger partial charge on any atom is -0.369 e. The first kappa shape index (κ1) is 16.4. The third-order valence-electron chi connectivity index (χ3n) is 3.85. The van der Waals surface area contributed by atoms with E-state index in [0.29, 0.717) is 12.5 Å². The minimum absolute atomic E-state index is 0.0344. The van der Waals surface area contributed by atoms with Crippen molar-refractivity contribution >= 4 is 5.91 Å². The van der Waals surface area contributed by atoms with Crippen molar-refractivity contribution < 1.29 is 9.53 Å². The molecule has 1 saturated heterocycles. The molecule has 0 aromatic rings. The van der Waals surface area contributed by atoms with Crippen LogP contribution in [0.5, 0.6) is 0 Å². The number of nitrogens with zero attached hydrogens (tertiary/aromatic N) is 1. The Labute approximate surface area is 117 Å². The molecule has 4 heteroatoms. The van der Waals surface area contributed by atoms with Gasteiger partial charge in [-0.25, -0.2) is 0 Å². The standard InChI is InChI=1S/C15H30N2O2/c1-11(2)8-10-19-13(4)15(18)17-9-6-5-7-14(17)12(3)16/h11-14H,5-10,16H2,1-4H3. The fourth-order valence-electron chi connectivity index (χ4n) is 2.56. The second kappa shape index (κ2) is 7.85. The molecule has 1 amide bonds. The molecule has 0 bridgehead atoms. The first-order valence-electron chi connectivity index (χ1n) is 7.61. The molecule has 1 aliphatic heterocycles. The molecule has 3 unspecified atom stereocenters. The fourth-order valence-corrected chi connectivity index (χ4v) is 2.56. The van der Waals surface area contributed by atoms with E-state index in [2.05, 4.69) is 13.8 Å². The van der Waals surface area contributed by atoms with Gasteiger partial charge in [-0.3, -0.25) is 4.79 Å². The smallest absolute Gasteiger partial charge is 0.251 e. The second-order valence-corrected chi connectivity index (χ2v) is 6.15. The molecule has 2 N–H and O–H groups in total. The quantitative estimate of drug-likeness (QED) is 0.804. The molecule has 1 heterocycles. The minimum atomic E-state index is -0.349. The summed E-state index contributed by atoms with van der Waals surface area (Å²) in [6.07, 6.45) is 3.90. The molecule has 1 fully saturated rings. The number of hydrogen-bond donors (Lipinski definition) is 1. The molecular formula is C15H30N2O2. The predicted octanol–water partition coefficient (Wildman–Crippen LogP) is 2.17. The van der Waals surface area contributed by atoms with Crippen LogP contribution in [0.3, 0.4) is 0 Å². The van der Waals surface area contributed by atoms with Crippen molar-refractivity contribution in [3.05, 3.63) is 0 Å². The van der Waals surface area contributed by atoms with E-state index in [-0.39, 0.29) is 24.1 Å². The topological polar surface area (TPSA) is 55.6 Å². The van der Waals surface area contributed by atoms with Crippen molar-refractivity contribution in [1.29, 1.82) is 0 Å². The number of piperidine rings is 1. The van der Waals surface area contributed by atoms with Crippen LogP contribution < -0.4 is 5.73 Å². The van der Waals surface area contributed by atoms with Crippen LogP contribution in [0.2, 0.25) is 0 Å². The van der Waals surface area contributed by atoms with Gasteiger partial charge in [0.1, 0.15) is 6.10 Å². The lowest BCUT2D eigenvalue weighted by atomic mass is 9.96. The number of carbonyl (C=O) groups excluding carboxylic acids is 1. The van der Waals surface area contributed by atoms with Gasteiger partial charge in [0.15, 0.2) is 0 Å². The summed E-state index contributed by atoms with van der Waals surface area (Å²) in [6, 6.07) is 0.213. The summed E-state index contributed by atoms with van der Waals surface area (Å²) >= 11 is 0. The molecule has 0 saturated carbocycles. The number of nitrogens with two attached hydrogens (primary N) is 1. The Hall–Kier alpha value is -0.610. The van der Waals surface area contributed by atoms with Crippen LogP contribution in [0.4, 0.5) is 0 Å². The van der Waals surface area contributed by atoms with Gasteiger partial charge in [0, 0.05) is 25.2 Å². The lowest BCUT2D eigenvalue weighted by molar-refractivity contribution is -0.147. The Bertz CT molecular complexity index is 279. The van der Waals surface area contributed by atoms with Crippen LogP contribution >= 0.6 is 0 Å². The van der Waals surface area contributed by atoms with E-state index in [0.717, 1.165) is 25.8 Å². The van der Waals surface area contributed by atoms with E-state index in [9.17, 15) is 4.79 Å². The summed E-state index contributed by atoms with van der Waals surface area (Å²) in [5.41, 5.74) is 6.00. The Kier molecular flexibility index (Phi) is 6.80. The van der Waals surface area contributed by atoms with Crippen molar-refractivity contribution in [2.24, 2.45) is 11.7 Å². The highest BCUT2D eigenvalue weighted by molar-refractivity contribution is 5.81. The molecule has 3 atom stereocenters. The summed E-state index contributed by atoms with van der Waals surface area (Å²) in [4.78, 5) is 14.4. The normalized spacial score (nSPS) is 23.5. The van der Waals surface area contributed by atoms with Crippen molar-refractivity contribution in [3.63, 3.8) is 0 Å². The summed E-state index contributed by atoms with van der Waals surface area (Å²) in [7, 11) is 0. The number of likely N-dealkylation sites (tertiary alicyclic amines) is 1. The van der Waals surface area contributed by atoms with Gasteiger partial charge in [-0.15, -0.1) is 0 Å². The van der Waals surface area contributed by atoms with Gasteiger partial charge < -0.3 is 15.4 Å². The zero-order valence-electron chi connectivity index (χ0n) is 12.9. The van der Waals surface area contributed by atoms with Crippen LogP contribution in [-0.4, -0.2) is 42.1 Å². The Morgan fingerprint density at radius 3 is 2.58 bits per heavy atom. The summed E-state index contributed by atoms with van der Waals surface area (Å²) in [5.74, 6) is 0.708. The average molecular weight is 270 g/mol. The van der Waals surface area contributed by atoms with Crippen LogP contribution in [0.1, 0.15) is 53.4 Å². The van der Waals surface area contributed by atoms with Crippen LogP contribution in [0.25, 0.3) is 0 Å². The monoisotopic (exact) mass is 270 g/mol. The Balaban J connectivity index is 2.49. The van der Waals surface area contributed by atoms with Gasteiger partial charge in [0.2, 0.25) is 0 Å². The largest absolute Gasteiger partial charge is 0.369 e. The summed E-state index contributed by atoms with van der Waals surface area (Å²) in [5, 5.41) is 0. The number of hydrogen-bond acceptors (Lipinski definition) is 3. The van der Waals surface area contributed by atoms with E-state index in [1.807, 2.05) is 18.7 Å². The van der Waals surface area contributed by atoms with Gasteiger partial charge in [-0.2, -0.15) is 0 Å². The molecule has 1 rings (SSSR count). The number of ether oxygens (including phenoxy) is 1. The van der Waals surface area contributed by atoms with Crippen molar-refractivity contribution in [1.82, 2.24) is 4.90 Å². The van der Waals surface area contributed by atoms with Crippen molar-refractivity contribution in [2.45, 2.75) is 71.6 Å². The Morgan fingerprint density at radius 1 is 1.32 bits per heavy atom. The summed E-state index contributed by atoms with van der Waals surface area (Å²) in [6.45, 7) is 9.64. The SMILES string of the molecule is CC(C)CCOC(C)C(=O)N1CCCCC1C(C)N. The van der Waals surface area contributed by atoms with E-state index in [1.165, 1.54) is 6.42 Å². The van der Waals surface area contributed by atoms with Gasteiger partial charge in [0.05, 0.1) is 0 Å². The highest BCUT2D eigenvalue weighted by atomic mass is 16.5. The zero-order valence-corrected chi connectivity index (χ0v) is 12.9. The average Bonchev–Trinajstić information content (AvgIpc) is 2.37. The van der Waals surface area contributed by atoms with Gasteiger partial charge in [-0.1, -0.05) is 13.8 Å². The molecule has 112 valence electrons. The number of carbonyl (C=O) groups is 1. The highest BCUT2D eigenvalue weighted by Gasteiger charge is 2.31. The zero-order chi connectivity index (χ0) is 14.4. The van der Waals surface area contributed by atoms with E-state index >= 15 is 0 Å². The summed E-state index contributed by atoms with van der Waals surface area (Å²) < 4.78 is 5.66. The maximum absolute atomic E-state index is 12.4.